The van der Waals surface area contributed by atoms with E-state index in [1.54, 1.807) is 11.8 Å². The predicted molar refractivity (Wildman–Crippen MR) is 122 cm³/mol. The summed E-state index contributed by atoms with van der Waals surface area (Å²) in [6.07, 6.45) is 3.06. The van der Waals surface area contributed by atoms with Gasteiger partial charge in [0.2, 0.25) is 0 Å². The highest BCUT2D eigenvalue weighted by Gasteiger charge is 2.22. The molecule has 0 unspecified atom stereocenters. The molecule has 0 fully saturated rings. The third-order valence-corrected chi connectivity index (χ3v) is 6.11. The Labute approximate surface area is 185 Å². The molecular formula is C23H23Cl2N3O2. The van der Waals surface area contributed by atoms with E-state index in [1.165, 1.54) is 5.57 Å². The van der Waals surface area contributed by atoms with Crippen LogP contribution in [0.15, 0.2) is 59.4 Å². The molecule has 0 N–H and O–H groups in total. The van der Waals surface area contributed by atoms with Gasteiger partial charge in [-0.25, -0.2) is 4.68 Å². The third kappa shape index (κ3) is 3.93. The Kier molecular flexibility index (Phi) is 6.04. The highest BCUT2D eigenvalue weighted by atomic mass is 35.5. The van der Waals surface area contributed by atoms with Crippen LogP contribution in [-0.4, -0.2) is 34.5 Å². The van der Waals surface area contributed by atoms with Crippen molar-refractivity contribution in [1.82, 2.24) is 14.3 Å². The average Bonchev–Trinajstić information content (AvgIpc) is 2.98. The average molecular weight is 444 g/mol. The number of para-hydroxylation sites is 1. The molecule has 156 valence electrons. The maximum Gasteiger partial charge on any atom is 0.290 e. The molecule has 1 aliphatic heterocycles. The van der Waals surface area contributed by atoms with Gasteiger partial charge in [0.05, 0.1) is 18.5 Å². The number of rotatable bonds is 5. The van der Waals surface area contributed by atoms with Crippen molar-refractivity contribution in [3.8, 4) is 11.4 Å². The van der Waals surface area contributed by atoms with E-state index in [9.17, 15) is 4.79 Å². The summed E-state index contributed by atoms with van der Waals surface area (Å²) in [6.45, 7) is 2.20. The Hall–Kier alpha value is -2.47. The smallest absolute Gasteiger partial charge is 0.290 e. The van der Waals surface area contributed by atoms with Crippen LogP contribution < -0.4 is 10.3 Å². The summed E-state index contributed by atoms with van der Waals surface area (Å²) in [6, 6.07) is 15.2. The molecule has 0 aliphatic carbocycles. The predicted octanol–water partition coefficient (Wildman–Crippen LogP) is 4.78. The molecule has 0 radical (unpaired) electrons. The molecule has 1 aliphatic rings. The van der Waals surface area contributed by atoms with Gasteiger partial charge in [-0.15, -0.1) is 0 Å². The molecule has 3 aromatic rings. The van der Waals surface area contributed by atoms with E-state index in [0.29, 0.717) is 11.6 Å². The second kappa shape index (κ2) is 8.72. The maximum absolute atomic E-state index is 12.7. The van der Waals surface area contributed by atoms with E-state index in [4.69, 9.17) is 27.9 Å². The van der Waals surface area contributed by atoms with Crippen molar-refractivity contribution in [3.63, 3.8) is 0 Å². The number of hydrogen-bond acceptors (Lipinski definition) is 3. The van der Waals surface area contributed by atoms with Gasteiger partial charge in [-0.1, -0.05) is 47.5 Å². The van der Waals surface area contributed by atoms with Crippen molar-refractivity contribution in [3.05, 3.63) is 86.3 Å². The maximum atomic E-state index is 12.7. The highest BCUT2D eigenvalue weighted by Crippen LogP contribution is 2.33. The normalized spacial score (nSPS) is 14.6. The Bertz CT molecular complexity index is 1150. The molecular weight excluding hydrogens is 421 g/mol. The second-order valence-corrected chi connectivity index (χ2v) is 8.11. The first-order valence-corrected chi connectivity index (χ1v) is 10.5. The first-order chi connectivity index (χ1) is 14.5. The monoisotopic (exact) mass is 443 g/mol. The van der Waals surface area contributed by atoms with Gasteiger partial charge in [-0.2, -0.15) is 0 Å². The number of benzene rings is 2. The molecule has 2 heterocycles. The first kappa shape index (κ1) is 20.8. The zero-order valence-corrected chi connectivity index (χ0v) is 18.5. The lowest BCUT2D eigenvalue weighted by Gasteiger charge is -2.27. The van der Waals surface area contributed by atoms with Gasteiger partial charge in [-0.3, -0.25) is 14.4 Å². The van der Waals surface area contributed by atoms with Crippen molar-refractivity contribution >= 4 is 28.8 Å². The molecule has 30 heavy (non-hydrogen) atoms. The topological polar surface area (TPSA) is 39.4 Å². The van der Waals surface area contributed by atoms with E-state index < -0.39 is 0 Å². The van der Waals surface area contributed by atoms with Crippen LogP contribution in [0, 0.1) is 0 Å². The molecule has 4 rings (SSSR count). The lowest BCUT2D eigenvalue weighted by atomic mass is 9.98. The second-order valence-electron chi connectivity index (χ2n) is 7.30. The highest BCUT2D eigenvalue weighted by molar-refractivity contribution is 6.31. The summed E-state index contributed by atoms with van der Waals surface area (Å²) in [5, 5.41) is 0.964. The SMILES string of the molecule is COc1ccc(Cl)cc1C1=CCN(Cc2c(Cl)c(=O)n(-c3ccccc3)n2C)CC1. The van der Waals surface area contributed by atoms with E-state index in [1.807, 2.05) is 60.3 Å². The molecule has 2 aromatic carbocycles. The van der Waals surface area contributed by atoms with E-state index in [0.717, 1.165) is 42.2 Å². The largest absolute Gasteiger partial charge is 0.496 e. The third-order valence-electron chi connectivity index (χ3n) is 5.50. The fraction of sp³-hybridized carbons (Fsp3) is 0.261. The molecule has 0 spiro atoms. The summed E-state index contributed by atoms with van der Waals surface area (Å²) in [5.74, 6) is 0.824. The molecule has 0 saturated carbocycles. The quantitative estimate of drug-likeness (QED) is 0.569. The number of methoxy groups -OCH3 is 1. The van der Waals surface area contributed by atoms with Crippen LogP contribution in [0.25, 0.3) is 11.3 Å². The summed E-state index contributed by atoms with van der Waals surface area (Å²) in [4.78, 5) is 15.0. The summed E-state index contributed by atoms with van der Waals surface area (Å²) in [5.41, 5.74) is 3.66. The summed E-state index contributed by atoms with van der Waals surface area (Å²) < 4.78 is 8.95. The minimum absolute atomic E-state index is 0.197. The molecule has 0 saturated heterocycles. The Balaban J connectivity index is 1.57. The number of aromatic nitrogens is 2. The zero-order chi connectivity index (χ0) is 21.3. The number of hydrogen-bond donors (Lipinski definition) is 0. The number of ether oxygens (including phenoxy) is 1. The Morgan fingerprint density at radius 3 is 2.53 bits per heavy atom. The standard InChI is InChI=1S/C23H23Cl2N3O2/c1-26-20(22(25)23(29)28(26)18-6-4-3-5-7-18)15-27-12-10-16(11-13-27)19-14-17(24)8-9-21(19)30-2/h3-10,14H,11-13,15H2,1-2H3. The number of nitrogens with zero attached hydrogens (tertiary/aromatic N) is 3. The molecule has 0 bridgehead atoms. The lowest BCUT2D eigenvalue weighted by Crippen LogP contribution is -2.29. The first-order valence-electron chi connectivity index (χ1n) is 9.76. The van der Waals surface area contributed by atoms with Crippen LogP contribution in [-0.2, 0) is 13.6 Å². The molecule has 0 atom stereocenters. The number of halogens is 2. The van der Waals surface area contributed by atoms with Gasteiger partial charge in [0.1, 0.15) is 10.8 Å². The van der Waals surface area contributed by atoms with Gasteiger partial charge < -0.3 is 4.74 Å². The van der Waals surface area contributed by atoms with Crippen LogP contribution in [0.2, 0.25) is 10.0 Å². The Morgan fingerprint density at radius 1 is 1.10 bits per heavy atom. The summed E-state index contributed by atoms with van der Waals surface area (Å²) >= 11 is 12.6. The van der Waals surface area contributed by atoms with Gasteiger partial charge >= 0.3 is 0 Å². The molecule has 1 aromatic heterocycles. The van der Waals surface area contributed by atoms with Crippen LogP contribution in [0.3, 0.4) is 0 Å². The van der Waals surface area contributed by atoms with Crippen LogP contribution in [0.1, 0.15) is 17.7 Å². The van der Waals surface area contributed by atoms with E-state index in [-0.39, 0.29) is 10.6 Å². The fourth-order valence-electron chi connectivity index (χ4n) is 3.89. The van der Waals surface area contributed by atoms with E-state index >= 15 is 0 Å². The molecule has 0 amide bonds. The van der Waals surface area contributed by atoms with Crippen LogP contribution >= 0.6 is 23.2 Å². The molecule has 5 nitrogen and oxygen atoms in total. The minimum Gasteiger partial charge on any atom is -0.496 e. The van der Waals surface area contributed by atoms with Gasteiger partial charge in [0.15, 0.2) is 0 Å². The lowest BCUT2D eigenvalue weighted by molar-refractivity contribution is 0.284. The zero-order valence-electron chi connectivity index (χ0n) is 16.9. The minimum atomic E-state index is -0.197. The van der Waals surface area contributed by atoms with Crippen molar-refractivity contribution in [2.24, 2.45) is 7.05 Å². The fourth-order valence-corrected chi connectivity index (χ4v) is 4.32. The van der Waals surface area contributed by atoms with Crippen molar-refractivity contribution in [2.45, 2.75) is 13.0 Å². The van der Waals surface area contributed by atoms with Crippen LogP contribution in [0.4, 0.5) is 0 Å². The van der Waals surface area contributed by atoms with Crippen LogP contribution in [0.5, 0.6) is 5.75 Å². The van der Waals surface area contributed by atoms with E-state index in [2.05, 4.69) is 11.0 Å². The van der Waals surface area contributed by atoms with Gasteiger partial charge in [-0.05, 0) is 42.3 Å². The summed E-state index contributed by atoms with van der Waals surface area (Å²) in [7, 11) is 3.54. The van der Waals surface area contributed by atoms with Gasteiger partial charge in [0.25, 0.3) is 5.56 Å². The van der Waals surface area contributed by atoms with Gasteiger partial charge in [0, 0.05) is 37.3 Å². The molecule has 7 heteroatoms. The van der Waals surface area contributed by atoms with Crippen molar-refractivity contribution in [2.75, 3.05) is 20.2 Å². The Morgan fingerprint density at radius 2 is 1.87 bits per heavy atom. The van der Waals surface area contributed by atoms with Crippen molar-refractivity contribution < 1.29 is 4.74 Å². The van der Waals surface area contributed by atoms with Crippen molar-refractivity contribution in [1.29, 1.82) is 0 Å².